The van der Waals surface area contributed by atoms with Gasteiger partial charge in [-0.15, -0.1) is 0 Å². The van der Waals surface area contributed by atoms with Gasteiger partial charge in [0.05, 0.1) is 12.0 Å². The van der Waals surface area contributed by atoms with Crippen molar-refractivity contribution in [1.82, 2.24) is 20.3 Å². The highest BCUT2D eigenvalue weighted by atomic mass is 35.5. The van der Waals surface area contributed by atoms with Gasteiger partial charge in [-0.25, -0.2) is 0 Å². The predicted molar refractivity (Wildman–Crippen MR) is 108 cm³/mol. The maximum atomic E-state index is 12.6. The second-order valence-corrected chi connectivity index (χ2v) is 7.20. The first-order valence-electron chi connectivity index (χ1n) is 9.52. The summed E-state index contributed by atoms with van der Waals surface area (Å²) in [5.74, 6) is 0.155. The summed E-state index contributed by atoms with van der Waals surface area (Å²) in [7, 11) is 0. The van der Waals surface area contributed by atoms with Gasteiger partial charge in [0, 0.05) is 22.6 Å². The summed E-state index contributed by atoms with van der Waals surface area (Å²) in [6.45, 7) is -0.285. The summed E-state index contributed by atoms with van der Waals surface area (Å²) in [5.41, 5.74) is 0.264. The summed E-state index contributed by atoms with van der Waals surface area (Å²) >= 11 is 5.85. The number of benzene rings is 2. The Bertz CT molecular complexity index is 1240. The van der Waals surface area contributed by atoms with Crippen molar-refractivity contribution in [2.45, 2.75) is 25.6 Å². The standard InChI is InChI=1S/C21H14ClF3N4O4/c22-15-7-3-13(4-8-15)19-26-16(32-28-19)9-10-18(30)31-11-17-27-20(29-33-17)12-1-5-14(6-2-12)21(23,24)25/h1-8H,9-11H2. The molecule has 0 spiro atoms. The molecule has 0 amide bonds. The zero-order chi connectivity index (χ0) is 23.4. The number of carbonyl (C=O) groups is 1. The number of nitrogens with zero attached hydrogens (tertiary/aromatic N) is 4. The minimum atomic E-state index is -4.44. The fourth-order valence-corrected chi connectivity index (χ4v) is 2.86. The van der Waals surface area contributed by atoms with Crippen LogP contribution in [0.25, 0.3) is 22.8 Å². The lowest BCUT2D eigenvalue weighted by atomic mass is 10.1. The average Bonchev–Trinajstić information content (AvgIpc) is 3.46. The normalized spacial score (nSPS) is 11.5. The molecule has 0 saturated heterocycles. The SMILES string of the molecule is O=C(CCc1nc(-c2ccc(Cl)cc2)no1)OCc1nc(-c2ccc(C(F)(F)F)cc2)no1. The number of ether oxygens (including phenoxy) is 1. The Balaban J connectivity index is 1.27. The molecule has 0 fully saturated rings. The van der Waals surface area contributed by atoms with Crippen LogP contribution < -0.4 is 0 Å². The molecule has 33 heavy (non-hydrogen) atoms. The molecule has 0 unspecified atom stereocenters. The monoisotopic (exact) mass is 478 g/mol. The van der Waals surface area contributed by atoms with Gasteiger partial charge in [-0.3, -0.25) is 4.79 Å². The van der Waals surface area contributed by atoms with Crippen LogP contribution >= 0.6 is 11.6 Å². The number of rotatable bonds is 7. The number of aryl methyl sites for hydroxylation is 1. The zero-order valence-corrected chi connectivity index (χ0v) is 17.4. The van der Waals surface area contributed by atoms with Gasteiger partial charge in [0.2, 0.25) is 17.5 Å². The third-order valence-electron chi connectivity index (χ3n) is 4.41. The Kier molecular flexibility index (Phi) is 6.40. The molecule has 2 aromatic carbocycles. The van der Waals surface area contributed by atoms with Crippen LogP contribution in [0.5, 0.6) is 0 Å². The molecule has 0 atom stereocenters. The molecular formula is C21H14ClF3N4O4. The van der Waals surface area contributed by atoms with Crippen LogP contribution in [0.3, 0.4) is 0 Å². The molecule has 0 bridgehead atoms. The van der Waals surface area contributed by atoms with E-state index < -0.39 is 17.7 Å². The number of halogens is 4. The molecule has 0 aliphatic carbocycles. The van der Waals surface area contributed by atoms with Crippen molar-refractivity contribution in [3.05, 3.63) is 70.9 Å². The van der Waals surface area contributed by atoms with Crippen molar-refractivity contribution in [3.63, 3.8) is 0 Å². The highest BCUT2D eigenvalue weighted by molar-refractivity contribution is 6.30. The molecule has 8 nitrogen and oxygen atoms in total. The van der Waals surface area contributed by atoms with Crippen LogP contribution in [-0.2, 0) is 28.7 Å². The molecule has 2 aromatic heterocycles. The number of esters is 1. The van der Waals surface area contributed by atoms with Gasteiger partial charge in [-0.05, 0) is 36.4 Å². The van der Waals surface area contributed by atoms with Gasteiger partial charge in [0.1, 0.15) is 0 Å². The largest absolute Gasteiger partial charge is 0.456 e. The van der Waals surface area contributed by atoms with E-state index in [1.807, 2.05) is 0 Å². The van der Waals surface area contributed by atoms with Crippen molar-refractivity contribution < 1.29 is 31.7 Å². The first-order valence-corrected chi connectivity index (χ1v) is 9.90. The van der Waals surface area contributed by atoms with Crippen molar-refractivity contribution in [2.24, 2.45) is 0 Å². The van der Waals surface area contributed by atoms with Crippen LogP contribution in [0, 0.1) is 0 Å². The third-order valence-corrected chi connectivity index (χ3v) is 4.66. The van der Waals surface area contributed by atoms with E-state index >= 15 is 0 Å². The van der Waals surface area contributed by atoms with Crippen LogP contribution in [0.4, 0.5) is 13.2 Å². The van der Waals surface area contributed by atoms with Crippen molar-refractivity contribution in [1.29, 1.82) is 0 Å². The number of hydrogen-bond acceptors (Lipinski definition) is 8. The van der Waals surface area contributed by atoms with Gasteiger partial charge < -0.3 is 13.8 Å². The molecule has 4 aromatic rings. The second-order valence-electron chi connectivity index (χ2n) is 6.77. The maximum Gasteiger partial charge on any atom is 0.416 e. The lowest BCUT2D eigenvalue weighted by Gasteiger charge is -2.05. The maximum absolute atomic E-state index is 12.6. The smallest absolute Gasteiger partial charge is 0.416 e. The van der Waals surface area contributed by atoms with E-state index in [0.717, 1.165) is 17.7 Å². The average molecular weight is 479 g/mol. The second kappa shape index (κ2) is 9.41. The number of alkyl halides is 3. The van der Waals surface area contributed by atoms with E-state index in [1.165, 1.54) is 12.1 Å². The van der Waals surface area contributed by atoms with Gasteiger partial charge in [-0.2, -0.15) is 23.1 Å². The van der Waals surface area contributed by atoms with Gasteiger partial charge >= 0.3 is 12.1 Å². The Morgan fingerprint density at radius 3 is 2.03 bits per heavy atom. The molecule has 0 aliphatic heterocycles. The summed E-state index contributed by atoms with van der Waals surface area (Å²) < 4.78 is 53.1. The lowest BCUT2D eigenvalue weighted by molar-refractivity contribution is -0.145. The zero-order valence-electron chi connectivity index (χ0n) is 16.7. The van der Waals surface area contributed by atoms with E-state index in [1.54, 1.807) is 24.3 Å². The molecule has 12 heteroatoms. The third kappa shape index (κ3) is 5.75. The fourth-order valence-electron chi connectivity index (χ4n) is 2.74. The Morgan fingerprint density at radius 1 is 0.879 bits per heavy atom. The quantitative estimate of drug-likeness (QED) is 0.336. The topological polar surface area (TPSA) is 104 Å². The van der Waals surface area contributed by atoms with Crippen molar-refractivity contribution in [3.8, 4) is 22.8 Å². The summed E-state index contributed by atoms with van der Waals surface area (Å²) in [6.07, 6.45) is -4.30. The van der Waals surface area contributed by atoms with E-state index in [9.17, 15) is 18.0 Å². The molecule has 0 aliphatic rings. The summed E-state index contributed by atoms with van der Waals surface area (Å²) in [4.78, 5) is 20.2. The lowest BCUT2D eigenvalue weighted by Crippen LogP contribution is -2.06. The number of hydrogen-bond donors (Lipinski definition) is 0. The van der Waals surface area contributed by atoms with E-state index in [4.69, 9.17) is 25.4 Å². The molecule has 0 radical (unpaired) electrons. The first kappa shape index (κ1) is 22.5. The molecule has 2 heterocycles. The van der Waals surface area contributed by atoms with E-state index in [-0.39, 0.29) is 37.1 Å². The Hall–Kier alpha value is -3.73. The summed E-state index contributed by atoms with van der Waals surface area (Å²) in [6, 6.07) is 11.2. The Morgan fingerprint density at radius 2 is 1.42 bits per heavy atom. The molecule has 4 rings (SSSR count). The van der Waals surface area contributed by atoms with Crippen molar-refractivity contribution in [2.75, 3.05) is 0 Å². The first-order chi connectivity index (χ1) is 15.8. The summed E-state index contributed by atoms with van der Waals surface area (Å²) in [5, 5.41) is 8.13. The molecule has 0 N–H and O–H groups in total. The number of carbonyl (C=O) groups excluding carboxylic acids is 1. The van der Waals surface area contributed by atoms with E-state index in [0.29, 0.717) is 16.4 Å². The molecule has 170 valence electrons. The van der Waals surface area contributed by atoms with Gasteiger partial charge in [0.25, 0.3) is 5.89 Å². The fraction of sp³-hybridized carbons (Fsp3) is 0.190. The minimum Gasteiger partial charge on any atom is -0.456 e. The molecule has 0 saturated carbocycles. The predicted octanol–water partition coefficient (Wildman–Crippen LogP) is 5.13. The number of aromatic nitrogens is 4. The minimum absolute atomic E-state index is 0.000984. The van der Waals surface area contributed by atoms with Crippen LogP contribution in [0.2, 0.25) is 5.02 Å². The highest BCUT2D eigenvalue weighted by Crippen LogP contribution is 2.30. The highest BCUT2D eigenvalue weighted by Gasteiger charge is 2.30. The van der Waals surface area contributed by atoms with Crippen molar-refractivity contribution >= 4 is 17.6 Å². The van der Waals surface area contributed by atoms with E-state index in [2.05, 4.69) is 20.3 Å². The van der Waals surface area contributed by atoms with Crippen LogP contribution in [-0.4, -0.2) is 26.3 Å². The van der Waals surface area contributed by atoms with Crippen LogP contribution in [0.15, 0.2) is 57.6 Å². The Labute approximate surface area is 189 Å². The van der Waals surface area contributed by atoms with Crippen LogP contribution in [0.1, 0.15) is 23.8 Å². The van der Waals surface area contributed by atoms with Gasteiger partial charge in [0.15, 0.2) is 6.61 Å². The molecular weight excluding hydrogens is 465 g/mol. The van der Waals surface area contributed by atoms with Gasteiger partial charge in [-0.1, -0.05) is 34.0 Å².